The van der Waals surface area contributed by atoms with Crippen LogP contribution >= 0.6 is 0 Å². The van der Waals surface area contributed by atoms with Crippen molar-refractivity contribution < 1.29 is 62.8 Å². The molecule has 9 rings (SSSR count). The molecule has 3 N–H and O–H groups in total. The SMILES string of the molecule is COC(=O)[C@@]1(OC)OCC23C1[C@@]1(C)C(O[C@]4(C)C5C[C@@H](O[C@@H]6OC=C[C@]56O)[C@]14O)C1OC[C@@](C)(C12)[C@H](O)C[C@@H]3OC(=O)/C=C/c1ccccc1. The zero-order valence-electron chi connectivity index (χ0n) is 28.6. The lowest BCUT2D eigenvalue weighted by Gasteiger charge is -2.66. The van der Waals surface area contributed by atoms with Gasteiger partial charge in [-0.15, -0.1) is 0 Å². The minimum absolute atomic E-state index is 0.00907. The minimum atomic E-state index is -2.10. The first-order chi connectivity index (χ1) is 23.7. The van der Waals surface area contributed by atoms with Gasteiger partial charge in [-0.1, -0.05) is 44.2 Å². The number of hydrogen-bond donors (Lipinski definition) is 3. The molecule has 0 aromatic heterocycles. The van der Waals surface area contributed by atoms with E-state index in [4.69, 9.17) is 37.9 Å². The summed E-state index contributed by atoms with van der Waals surface area (Å²) in [6.07, 6.45) is 0.492. The summed E-state index contributed by atoms with van der Waals surface area (Å²) in [5, 5.41) is 37.5. The van der Waals surface area contributed by atoms with Gasteiger partial charge in [0.1, 0.15) is 17.3 Å². The van der Waals surface area contributed by atoms with Crippen molar-refractivity contribution in [3.63, 3.8) is 0 Å². The number of aliphatic hydroxyl groups excluding tert-OH is 1. The number of rotatable bonds is 5. The quantitative estimate of drug-likeness (QED) is 0.299. The first-order valence-corrected chi connectivity index (χ1v) is 17.3. The lowest BCUT2D eigenvalue weighted by molar-refractivity contribution is -0.317. The van der Waals surface area contributed by atoms with Crippen molar-refractivity contribution in [2.24, 2.45) is 34.0 Å². The number of aliphatic hydroxyl groups is 3. The van der Waals surface area contributed by atoms with Crippen LogP contribution in [0.5, 0.6) is 0 Å². The van der Waals surface area contributed by atoms with E-state index in [-0.39, 0.29) is 26.1 Å². The van der Waals surface area contributed by atoms with Gasteiger partial charge in [-0.25, -0.2) is 9.59 Å². The molecule has 16 atom stereocenters. The zero-order valence-corrected chi connectivity index (χ0v) is 28.6. The fourth-order valence-corrected chi connectivity index (χ4v) is 12.5. The van der Waals surface area contributed by atoms with E-state index in [1.54, 1.807) is 13.0 Å². The van der Waals surface area contributed by atoms with Crippen molar-refractivity contribution >= 4 is 18.0 Å². The van der Waals surface area contributed by atoms with Crippen LogP contribution in [0, 0.1) is 34.0 Å². The maximum atomic E-state index is 14.2. The third-order valence-corrected chi connectivity index (χ3v) is 14.5. The largest absolute Gasteiger partial charge is 0.469 e. The highest BCUT2D eigenvalue weighted by atomic mass is 16.7. The van der Waals surface area contributed by atoms with Crippen molar-refractivity contribution in [3.8, 4) is 0 Å². The highest BCUT2D eigenvalue weighted by Crippen LogP contribution is 2.80. The molecule has 2 bridgehead atoms. The summed E-state index contributed by atoms with van der Waals surface area (Å²) >= 11 is 0. The molecule has 4 saturated heterocycles. The molecule has 1 spiro atoms. The second-order valence-corrected chi connectivity index (χ2v) is 16.1. The number of hydrogen-bond acceptors (Lipinski definition) is 13. The van der Waals surface area contributed by atoms with Gasteiger partial charge in [-0.2, -0.15) is 0 Å². The third-order valence-electron chi connectivity index (χ3n) is 14.5. The Kier molecular flexibility index (Phi) is 6.70. The molecule has 0 amide bonds. The number of carbonyl (C=O) groups excluding carboxylic acids is 2. The molecule has 13 heteroatoms. The Morgan fingerprint density at radius 2 is 1.80 bits per heavy atom. The van der Waals surface area contributed by atoms with Gasteiger partial charge >= 0.3 is 11.9 Å². The lowest BCUT2D eigenvalue weighted by atomic mass is 9.37. The standard InChI is InChI=1S/C37H44O13/c1-31-17-46-25-26(31)34(22(16-21(31)38)48-24(39)12-11-19-9-7-6-8-10-19)18-47-36(44-5,29(40)43-4)28(34)32(2)27(25)50-33(3)20-15-23(37(32,33)42)49-30-35(20,41)13-14-45-30/h6-14,20-23,25-28,30,38,41-42H,15-18H2,1-5H3/b12-11+/t20?,21-,22+,23-,25?,26?,27?,28?,30+,31-,32-,33-,34?,35+,36+,37+/m1/s1. The molecule has 3 saturated carbocycles. The van der Waals surface area contributed by atoms with Crippen molar-refractivity contribution in [2.45, 2.75) is 93.0 Å². The topological polar surface area (TPSA) is 169 Å². The Bertz CT molecular complexity index is 1680. The summed E-state index contributed by atoms with van der Waals surface area (Å²) in [5.74, 6) is -5.97. The van der Waals surface area contributed by atoms with E-state index in [0.717, 1.165) is 5.56 Å². The van der Waals surface area contributed by atoms with Gasteiger partial charge < -0.3 is 53.2 Å². The first kappa shape index (κ1) is 33.0. The molecule has 5 aliphatic heterocycles. The molecule has 50 heavy (non-hydrogen) atoms. The second kappa shape index (κ2) is 10.2. The highest BCUT2D eigenvalue weighted by molar-refractivity contribution is 5.87. The van der Waals surface area contributed by atoms with Crippen LogP contribution in [0.25, 0.3) is 6.08 Å². The number of carbonyl (C=O) groups is 2. The molecule has 5 heterocycles. The Hall–Kier alpha value is -2.88. The average Bonchev–Trinajstić information content (AvgIpc) is 3.86. The maximum Gasteiger partial charge on any atom is 0.366 e. The van der Waals surface area contributed by atoms with Crippen LogP contribution in [0.1, 0.15) is 39.2 Å². The van der Waals surface area contributed by atoms with Crippen molar-refractivity contribution in [1.82, 2.24) is 0 Å². The molecule has 1 aromatic carbocycles. The van der Waals surface area contributed by atoms with E-state index in [0.29, 0.717) is 0 Å². The van der Waals surface area contributed by atoms with E-state index in [1.807, 2.05) is 44.2 Å². The number of fused-ring (bicyclic) bond motifs is 11. The molecule has 0 radical (unpaired) electrons. The van der Waals surface area contributed by atoms with Gasteiger partial charge in [0.2, 0.25) is 6.29 Å². The molecule has 1 aromatic rings. The van der Waals surface area contributed by atoms with Crippen LogP contribution in [0.15, 0.2) is 48.7 Å². The van der Waals surface area contributed by atoms with Crippen molar-refractivity contribution in [1.29, 1.82) is 0 Å². The third kappa shape index (κ3) is 3.43. The Morgan fingerprint density at radius 3 is 2.52 bits per heavy atom. The van der Waals surface area contributed by atoms with Gasteiger partial charge in [0.15, 0.2) is 5.60 Å². The van der Waals surface area contributed by atoms with E-state index < -0.39 is 105 Å². The number of methoxy groups -OCH3 is 2. The van der Waals surface area contributed by atoms with Crippen LogP contribution in [0.4, 0.5) is 0 Å². The van der Waals surface area contributed by atoms with Crippen LogP contribution in [-0.2, 0) is 47.5 Å². The van der Waals surface area contributed by atoms with Crippen LogP contribution < -0.4 is 0 Å². The summed E-state index contributed by atoms with van der Waals surface area (Å²) in [5.41, 5.74) is -7.83. The van der Waals surface area contributed by atoms with E-state index in [1.165, 1.54) is 32.6 Å². The first-order valence-electron chi connectivity index (χ1n) is 17.3. The van der Waals surface area contributed by atoms with E-state index in [9.17, 15) is 24.9 Å². The molecule has 13 nitrogen and oxygen atoms in total. The Balaban J connectivity index is 1.25. The normalized spacial score (nSPS) is 54.8. The predicted octanol–water partition coefficient (Wildman–Crippen LogP) is 1.47. The van der Waals surface area contributed by atoms with Crippen LogP contribution in [0.3, 0.4) is 0 Å². The summed E-state index contributed by atoms with van der Waals surface area (Å²) in [6, 6.07) is 9.30. The monoisotopic (exact) mass is 696 g/mol. The Labute approximate surface area is 289 Å². The second-order valence-electron chi connectivity index (χ2n) is 16.1. The van der Waals surface area contributed by atoms with Crippen molar-refractivity contribution in [2.75, 3.05) is 27.4 Å². The van der Waals surface area contributed by atoms with Crippen molar-refractivity contribution in [3.05, 3.63) is 54.3 Å². The van der Waals surface area contributed by atoms with E-state index >= 15 is 0 Å². The average molecular weight is 697 g/mol. The summed E-state index contributed by atoms with van der Waals surface area (Å²) in [6.45, 7) is 5.53. The molecule has 6 unspecified atom stereocenters. The summed E-state index contributed by atoms with van der Waals surface area (Å²) in [7, 11) is 2.58. The minimum Gasteiger partial charge on any atom is -0.469 e. The maximum absolute atomic E-state index is 14.2. The number of benzene rings is 1. The molecule has 3 aliphatic carbocycles. The molecular weight excluding hydrogens is 652 g/mol. The van der Waals surface area contributed by atoms with Gasteiger partial charge in [0.05, 0.1) is 51.0 Å². The van der Waals surface area contributed by atoms with Gasteiger partial charge in [0, 0.05) is 53.6 Å². The fraction of sp³-hybridized carbons (Fsp3) is 0.676. The number of ether oxygens (including phenoxy) is 8. The molecular formula is C37H44O13. The molecule has 270 valence electrons. The lowest BCUT2D eigenvalue weighted by Crippen LogP contribution is -2.78. The summed E-state index contributed by atoms with van der Waals surface area (Å²) in [4.78, 5) is 27.9. The Morgan fingerprint density at radius 1 is 1.04 bits per heavy atom. The predicted molar refractivity (Wildman–Crippen MR) is 169 cm³/mol. The molecule has 8 aliphatic rings. The van der Waals surface area contributed by atoms with Gasteiger partial charge in [-0.05, 0) is 31.1 Å². The van der Waals surface area contributed by atoms with Gasteiger partial charge in [0.25, 0.3) is 5.79 Å². The van der Waals surface area contributed by atoms with Gasteiger partial charge in [-0.3, -0.25) is 0 Å². The fourth-order valence-electron chi connectivity index (χ4n) is 12.5. The summed E-state index contributed by atoms with van der Waals surface area (Å²) < 4.78 is 50.3. The molecule has 7 fully saturated rings. The smallest absolute Gasteiger partial charge is 0.366 e. The zero-order chi connectivity index (χ0) is 35.3. The van der Waals surface area contributed by atoms with Crippen LogP contribution in [0.2, 0.25) is 0 Å². The number of esters is 2. The highest BCUT2D eigenvalue weighted by Gasteiger charge is 2.94. The van der Waals surface area contributed by atoms with Crippen LogP contribution in [-0.4, -0.2) is 114 Å². The van der Waals surface area contributed by atoms with E-state index in [2.05, 4.69) is 0 Å².